The number of hydrogen-bond donors (Lipinski definition) is 1. The van der Waals surface area contributed by atoms with E-state index in [0.29, 0.717) is 6.61 Å². The van der Waals surface area contributed by atoms with Crippen molar-refractivity contribution in [2.75, 3.05) is 52.4 Å². The summed E-state index contributed by atoms with van der Waals surface area (Å²) in [5.41, 5.74) is 0. The lowest BCUT2D eigenvalue weighted by atomic mass is 10.1. The summed E-state index contributed by atoms with van der Waals surface area (Å²) in [6, 6.07) is 0.0391. The van der Waals surface area contributed by atoms with E-state index in [0.717, 1.165) is 45.7 Å². The van der Waals surface area contributed by atoms with E-state index in [9.17, 15) is 4.79 Å². The van der Waals surface area contributed by atoms with Gasteiger partial charge in [-0.1, -0.05) is 13.3 Å². The van der Waals surface area contributed by atoms with Crippen molar-refractivity contribution in [2.24, 2.45) is 0 Å². The zero-order valence-electron chi connectivity index (χ0n) is 12.8. The first kappa shape index (κ1) is 15.7. The first-order chi connectivity index (χ1) is 9.81. The summed E-state index contributed by atoms with van der Waals surface area (Å²) >= 11 is 0. The van der Waals surface area contributed by atoms with Crippen LogP contribution < -0.4 is 5.32 Å². The lowest BCUT2D eigenvalue weighted by Gasteiger charge is -2.36. The van der Waals surface area contributed by atoms with Crippen LogP contribution in [0, 0.1) is 0 Å². The molecular weight excluding hydrogens is 254 g/mol. The summed E-state index contributed by atoms with van der Waals surface area (Å²) < 4.78 is 5.06. The van der Waals surface area contributed by atoms with Crippen LogP contribution in [0.5, 0.6) is 0 Å². The van der Waals surface area contributed by atoms with Gasteiger partial charge < -0.3 is 15.0 Å². The van der Waals surface area contributed by atoms with Crippen molar-refractivity contribution >= 4 is 5.97 Å². The van der Waals surface area contributed by atoms with Gasteiger partial charge in [0, 0.05) is 32.6 Å². The molecule has 20 heavy (non-hydrogen) atoms. The standard InChI is InChI=1S/C15H29N3O2/c1-2-16-7-4-3-5-8-17-9-11-18(12-10-17)14-6-13-20-15(14)19/h14,16H,2-13H2,1H3. The molecule has 2 aliphatic heterocycles. The summed E-state index contributed by atoms with van der Waals surface area (Å²) in [5.74, 6) is -0.0122. The molecule has 1 atom stereocenters. The second kappa shape index (κ2) is 8.60. The SMILES string of the molecule is CCNCCCCCN1CCN(C2CCOC2=O)CC1. The van der Waals surface area contributed by atoms with E-state index >= 15 is 0 Å². The summed E-state index contributed by atoms with van der Waals surface area (Å²) in [5, 5.41) is 3.36. The van der Waals surface area contributed by atoms with Gasteiger partial charge in [0.2, 0.25) is 0 Å². The topological polar surface area (TPSA) is 44.8 Å². The lowest BCUT2D eigenvalue weighted by molar-refractivity contribution is -0.142. The van der Waals surface area contributed by atoms with E-state index in [4.69, 9.17) is 4.74 Å². The molecule has 0 radical (unpaired) electrons. The van der Waals surface area contributed by atoms with Gasteiger partial charge in [-0.15, -0.1) is 0 Å². The number of carbonyl (C=O) groups excluding carboxylic acids is 1. The van der Waals surface area contributed by atoms with Crippen LogP contribution in [-0.4, -0.2) is 74.2 Å². The minimum absolute atomic E-state index is 0.0122. The predicted octanol–water partition coefficient (Wildman–Crippen LogP) is 0.699. The van der Waals surface area contributed by atoms with Gasteiger partial charge in [0.15, 0.2) is 0 Å². The van der Waals surface area contributed by atoms with Crippen LogP contribution in [0.4, 0.5) is 0 Å². The quantitative estimate of drug-likeness (QED) is 0.525. The van der Waals surface area contributed by atoms with Crippen molar-refractivity contribution in [1.82, 2.24) is 15.1 Å². The third-order valence-electron chi connectivity index (χ3n) is 4.33. The Bertz CT molecular complexity index is 291. The third-order valence-corrected chi connectivity index (χ3v) is 4.33. The Labute approximate surface area is 122 Å². The Kier molecular flexibility index (Phi) is 6.76. The molecule has 5 heteroatoms. The van der Waals surface area contributed by atoms with E-state index in [1.165, 1.54) is 25.8 Å². The van der Waals surface area contributed by atoms with E-state index in [1.807, 2.05) is 0 Å². The predicted molar refractivity (Wildman–Crippen MR) is 79.8 cm³/mol. The minimum Gasteiger partial charge on any atom is -0.464 e. The lowest BCUT2D eigenvalue weighted by Crippen LogP contribution is -2.51. The van der Waals surface area contributed by atoms with Crippen molar-refractivity contribution in [2.45, 2.75) is 38.6 Å². The van der Waals surface area contributed by atoms with Gasteiger partial charge in [-0.05, 0) is 32.5 Å². The van der Waals surface area contributed by atoms with Crippen LogP contribution in [0.1, 0.15) is 32.6 Å². The number of cyclic esters (lactones) is 1. The molecule has 0 aromatic carbocycles. The number of piperazine rings is 1. The Balaban J connectivity index is 1.54. The fourth-order valence-corrected chi connectivity index (χ4v) is 3.05. The molecule has 2 aliphatic rings. The smallest absolute Gasteiger partial charge is 0.323 e. The minimum atomic E-state index is -0.0122. The normalized spacial score (nSPS) is 25.1. The molecule has 2 saturated heterocycles. The molecular formula is C15H29N3O2. The largest absolute Gasteiger partial charge is 0.464 e. The fraction of sp³-hybridized carbons (Fsp3) is 0.933. The molecule has 0 spiro atoms. The number of nitrogens with one attached hydrogen (secondary N) is 1. The highest BCUT2D eigenvalue weighted by atomic mass is 16.5. The molecule has 2 rings (SSSR count). The second-order valence-electron chi connectivity index (χ2n) is 5.76. The Morgan fingerprint density at radius 3 is 2.65 bits per heavy atom. The highest BCUT2D eigenvalue weighted by Crippen LogP contribution is 2.16. The van der Waals surface area contributed by atoms with Gasteiger partial charge in [-0.3, -0.25) is 9.69 Å². The number of unbranched alkanes of at least 4 members (excludes halogenated alkanes) is 2. The Hall–Kier alpha value is -0.650. The molecule has 1 N–H and O–H groups in total. The Morgan fingerprint density at radius 2 is 2.00 bits per heavy atom. The van der Waals surface area contributed by atoms with Gasteiger partial charge in [0.25, 0.3) is 0 Å². The Morgan fingerprint density at radius 1 is 1.20 bits per heavy atom. The van der Waals surface area contributed by atoms with Crippen molar-refractivity contribution < 1.29 is 9.53 Å². The third kappa shape index (κ3) is 4.72. The fourth-order valence-electron chi connectivity index (χ4n) is 3.05. The maximum atomic E-state index is 11.6. The molecule has 2 fully saturated rings. The van der Waals surface area contributed by atoms with Crippen molar-refractivity contribution in [3.05, 3.63) is 0 Å². The van der Waals surface area contributed by atoms with E-state index < -0.39 is 0 Å². The maximum Gasteiger partial charge on any atom is 0.323 e. The average molecular weight is 283 g/mol. The van der Waals surface area contributed by atoms with Crippen LogP contribution in [0.3, 0.4) is 0 Å². The second-order valence-corrected chi connectivity index (χ2v) is 5.76. The number of hydrogen-bond acceptors (Lipinski definition) is 5. The van der Waals surface area contributed by atoms with Crippen LogP contribution in [0.2, 0.25) is 0 Å². The van der Waals surface area contributed by atoms with Crippen molar-refractivity contribution in [3.63, 3.8) is 0 Å². The summed E-state index contributed by atoms with van der Waals surface area (Å²) in [4.78, 5) is 16.4. The van der Waals surface area contributed by atoms with E-state index in [-0.39, 0.29) is 12.0 Å². The summed E-state index contributed by atoms with van der Waals surface area (Å²) in [6.45, 7) is 10.4. The summed E-state index contributed by atoms with van der Waals surface area (Å²) in [7, 11) is 0. The van der Waals surface area contributed by atoms with Gasteiger partial charge in [0.05, 0.1) is 6.61 Å². The first-order valence-electron chi connectivity index (χ1n) is 8.15. The van der Waals surface area contributed by atoms with Gasteiger partial charge in [0.1, 0.15) is 6.04 Å². The number of ether oxygens (including phenoxy) is 1. The van der Waals surface area contributed by atoms with Gasteiger partial charge in [-0.2, -0.15) is 0 Å². The molecule has 116 valence electrons. The van der Waals surface area contributed by atoms with Crippen LogP contribution in [0.15, 0.2) is 0 Å². The van der Waals surface area contributed by atoms with Gasteiger partial charge >= 0.3 is 5.97 Å². The van der Waals surface area contributed by atoms with Crippen LogP contribution in [0.25, 0.3) is 0 Å². The van der Waals surface area contributed by atoms with E-state index in [2.05, 4.69) is 22.0 Å². The van der Waals surface area contributed by atoms with Crippen LogP contribution >= 0.6 is 0 Å². The molecule has 0 aliphatic carbocycles. The van der Waals surface area contributed by atoms with Crippen molar-refractivity contribution in [1.29, 1.82) is 0 Å². The molecule has 0 aromatic rings. The number of rotatable bonds is 8. The van der Waals surface area contributed by atoms with Crippen molar-refractivity contribution in [3.8, 4) is 0 Å². The highest BCUT2D eigenvalue weighted by Gasteiger charge is 2.33. The van der Waals surface area contributed by atoms with Gasteiger partial charge in [-0.25, -0.2) is 0 Å². The molecule has 5 nitrogen and oxygen atoms in total. The summed E-state index contributed by atoms with van der Waals surface area (Å²) in [6.07, 6.45) is 4.75. The zero-order valence-corrected chi connectivity index (χ0v) is 12.8. The molecule has 0 saturated carbocycles. The van der Waals surface area contributed by atoms with Crippen LogP contribution in [-0.2, 0) is 9.53 Å². The molecule has 0 amide bonds. The zero-order chi connectivity index (χ0) is 14.2. The molecule has 0 bridgehead atoms. The average Bonchev–Trinajstić information content (AvgIpc) is 2.90. The first-order valence-corrected chi connectivity index (χ1v) is 8.15. The monoisotopic (exact) mass is 283 g/mol. The highest BCUT2D eigenvalue weighted by molar-refractivity contribution is 5.77. The maximum absolute atomic E-state index is 11.6. The number of carbonyl (C=O) groups is 1. The molecule has 2 heterocycles. The number of esters is 1. The molecule has 1 unspecified atom stereocenters. The van der Waals surface area contributed by atoms with E-state index in [1.54, 1.807) is 0 Å². The molecule has 0 aromatic heterocycles. The number of nitrogens with zero attached hydrogens (tertiary/aromatic N) is 2.